The van der Waals surface area contributed by atoms with Crippen LogP contribution in [0.4, 0.5) is 10.1 Å². The number of aryl methyl sites for hydroxylation is 3. The molecule has 0 aliphatic rings. The minimum Gasteiger partial charge on any atom is -0.469 e. The maximum atomic E-state index is 14.8. The number of nitrogens with zero attached hydrogens (tertiary/aromatic N) is 9. The Morgan fingerprint density at radius 2 is 2.06 bits per heavy atom. The number of rotatable bonds is 8. The lowest BCUT2D eigenvalue weighted by Crippen LogP contribution is -2.21. The molecule has 4 aromatic heterocycles. The molecule has 33 heavy (non-hydrogen) atoms. The SMILES string of the molecule is CCc1c([N+](=O)[O-])c(OCC(F)Cn2nc(C)c3cnc(Cl)nc32)nn1-c1cc(C)nn1C. The topological polar surface area (TPSA) is 132 Å². The molecule has 0 saturated carbocycles. The zero-order valence-corrected chi connectivity index (χ0v) is 19.1. The number of nitro groups is 1. The first-order valence-corrected chi connectivity index (χ1v) is 10.5. The molecule has 0 fully saturated rings. The second-order valence-electron chi connectivity index (χ2n) is 7.44. The van der Waals surface area contributed by atoms with Crippen molar-refractivity contribution in [2.24, 2.45) is 7.05 Å². The number of halogens is 2. The van der Waals surface area contributed by atoms with E-state index in [4.69, 9.17) is 16.3 Å². The van der Waals surface area contributed by atoms with E-state index in [-0.39, 0.29) is 23.4 Å². The molecule has 0 bridgehead atoms. The van der Waals surface area contributed by atoms with E-state index in [0.717, 1.165) is 5.69 Å². The summed E-state index contributed by atoms with van der Waals surface area (Å²) in [5, 5.41) is 25.2. The third-order valence-electron chi connectivity index (χ3n) is 5.05. The fraction of sp³-hybridized carbons (Fsp3) is 0.421. The molecule has 0 aliphatic carbocycles. The molecule has 0 saturated heterocycles. The summed E-state index contributed by atoms with van der Waals surface area (Å²) < 4.78 is 24.7. The summed E-state index contributed by atoms with van der Waals surface area (Å²) in [6, 6.07) is 1.75. The van der Waals surface area contributed by atoms with E-state index in [0.29, 0.717) is 34.7 Å². The van der Waals surface area contributed by atoms with Crippen molar-refractivity contribution < 1.29 is 14.1 Å². The highest BCUT2D eigenvalue weighted by Crippen LogP contribution is 2.33. The molecule has 0 radical (unpaired) electrons. The molecule has 1 unspecified atom stereocenters. The summed E-state index contributed by atoms with van der Waals surface area (Å²) >= 11 is 5.86. The van der Waals surface area contributed by atoms with Crippen molar-refractivity contribution >= 4 is 28.3 Å². The molecule has 12 nitrogen and oxygen atoms in total. The number of hydrogen-bond donors (Lipinski definition) is 0. The zero-order valence-electron chi connectivity index (χ0n) is 18.4. The van der Waals surface area contributed by atoms with E-state index in [1.807, 2.05) is 0 Å². The number of alkyl halides is 1. The van der Waals surface area contributed by atoms with Crippen LogP contribution in [-0.4, -0.2) is 57.0 Å². The van der Waals surface area contributed by atoms with Crippen molar-refractivity contribution in [1.29, 1.82) is 0 Å². The Balaban J connectivity index is 1.59. The van der Waals surface area contributed by atoms with E-state index in [1.54, 1.807) is 38.6 Å². The van der Waals surface area contributed by atoms with E-state index in [1.165, 1.54) is 15.6 Å². The average Bonchev–Trinajstić information content (AvgIpc) is 3.38. The number of hydrogen-bond acceptors (Lipinski definition) is 8. The van der Waals surface area contributed by atoms with Crippen molar-refractivity contribution in [3.63, 3.8) is 0 Å². The summed E-state index contributed by atoms with van der Waals surface area (Å²) in [5.74, 6) is 0.277. The monoisotopic (exact) mass is 477 g/mol. The molecule has 4 aromatic rings. The highest BCUT2D eigenvalue weighted by Gasteiger charge is 2.30. The van der Waals surface area contributed by atoms with Gasteiger partial charge in [0, 0.05) is 19.3 Å². The Bertz CT molecular complexity index is 1350. The van der Waals surface area contributed by atoms with Crippen LogP contribution in [0.1, 0.15) is 24.0 Å². The first kappa shape index (κ1) is 22.6. The lowest BCUT2D eigenvalue weighted by atomic mass is 10.3. The van der Waals surface area contributed by atoms with Gasteiger partial charge in [0.15, 0.2) is 17.6 Å². The molecule has 174 valence electrons. The van der Waals surface area contributed by atoms with Crippen LogP contribution in [0.3, 0.4) is 0 Å². The number of fused-ring (bicyclic) bond motifs is 1. The van der Waals surface area contributed by atoms with Gasteiger partial charge in [-0.2, -0.15) is 15.2 Å². The first-order valence-electron chi connectivity index (χ1n) is 10.1. The van der Waals surface area contributed by atoms with Crippen molar-refractivity contribution in [2.45, 2.75) is 39.9 Å². The van der Waals surface area contributed by atoms with Gasteiger partial charge in [0.2, 0.25) is 5.28 Å². The molecule has 14 heteroatoms. The molecule has 4 rings (SSSR count). The highest BCUT2D eigenvalue weighted by molar-refractivity contribution is 6.28. The Labute approximate surface area is 192 Å². The molecule has 0 N–H and O–H groups in total. The lowest BCUT2D eigenvalue weighted by Gasteiger charge is -2.09. The molecule has 0 spiro atoms. The smallest absolute Gasteiger partial charge is 0.353 e. The maximum Gasteiger partial charge on any atom is 0.353 e. The minimum absolute atomic E-state index is 0.0222. The molecular formula is C19H21ClFN9O3. The second-order valence-corrected chi connectivity index (χ2v) is 7.78. The van der Waals surface area contributed by atoms with Gasteiger partial charge in [-0.15, -0.1) is 5.10 Å². The molecule has 0 amide bonds. The Morgan fingerprint density at radius 3 is 2.70 bits per heavy atom. The first-order chi connectivity index (χ1) is 15.7. The van der Waals surface area contributed by atoms with Gasteiger partial charge < -0.3 is 4.74 Å². The van der Waals surface area contributed by atoms with Crippen LogP contribution in [0.15, 0.2) is 12.3 Å². The third kappa shape index (κ3) is 4.23. The Kier molecular flexibility index (Phi) is 5.97. The number of ether oxygens (including phenoxy) is 1. The quantitative estimate of drug-likeness (QED) is 0.215. The van der Waals surface area contributed by atoms with Crippen LogP contribution in [0, 0.1) is 24.0 Å². The second kappa shape index (κ2) is 8.73. The van der Waals surface area contributed by atoms with Gasteiger partial charge in [0.1, 0.15) is 12.3 Å². The number of aromatic nitrogens is 8. The molecule has 4 heterocycles. The van der Waals surface area contributed by atoms with Crippen molar-refractivity contribution in [2.75, 3.05) is 6.61 Å². The summed E-state index contributed by atoms with van der Waals surface area (Å²) in [6.07, 6.45) is 0.292. The fourth-order valence-corrected chi connectivity index (χ4v) is 3.76. The largest absolute Gasteiger partial charge is 0.469 e. The predicted octanol–water partition coefficient (Wildman–Crippen LogP) is 2.90. The van der Waals surface area contributed by atoms with Gasteiger partial charge in [0.25, 0.3) is 0 Å². The van der Waals surface area contributed by atoms with Gasteiger partial charge in [-0.05, 0) is 31.9 Å². The lowest BCUT2D eigenvalue weighted by molar-refractivity contribution is -0.386. The van der Waals surface area contributed by atoms with Crippen molar-refractivity contribution in [1.82, 2.24) is 39.3 Å². The molecule has 0 aromatic carbocycles. The van der Waals surface area contributed by atoms with Crippen LogP contribution in [-0.2, 0) is 20.0 Å². The van der Waals surface area contributed by atoms with Crippen LogP contribution < -0.4 is 4.74 Å². The van der Waals surface area contributed by atoms with E-state index >= 15 is 0 Å². The summed E-state index contributed by atoms with van der Waals surface area (Å²) in [7, 11) is 1.71. The molecule has 1 atom stereocenters. The third-order valence-corrected chi connectivity index (χ3v) is 5.23. The minimum atomic E-state index is -1.55. The van der Waals surface area contributed by atoms with Crippen molar-refractivity contribution in [3.8, 4) is 11.7 Å². The highest BCUT2D eigenvalue weighted by atomic mass is 35.5. The zero-order chi connectivity index (χ0) is 23.9. The average molecular weight is 478 g/mol. The van der Waals surface area contributed by atoms with Crippen molar-refractivity contribution in [3.05, 3.63) is 44.7 Å². The predicted molar refractivity (Wildman–Crippen MR) is 117 cm³/mol. The fourth-order valence-electron chi connectivity index (χ4n) is 3.63. The van der Waals surface area contributed by atoms with Crippen LogP contribution in [0.25, 0.3) is 16.9 Å². The van der Waals surface area contributed by atoms with Gasteiger partial charge in [-0.3, -0.25) is 14.8 Å². The molecular weight excluding hydrogens is 457 g/mol. The van der Waals surface area contributed by atoms with Gasteiger partial charge >= 0.3 is 11.6 Å². The standard InChI is InChI=1S/C19H21ClFN9O3/c1-5-14-16(30(31)32)18(26-29(14)15-6-10(2)24-27(15)4)33-9-12(21)8-28-17-13(11(3)25-28)7-22-19(20)23-17/h6-7,12H,5,8-9H2,1-4H3. The molecule has 0 aliphatic heterocycles. The van der Waals surface area contributed by atoms with Gasteiger partial charge in [-0.1, -0.05) is 6.92 Å². The normalized spacial score (nSPS) is 12.4. The van der Waals surface area contributed by atoms with Crippen LogP contribution >= 0.6 is 11.6 Å². The summed E-state index contributed by atoms with van der Waals surface area (Å²) in [6.45, 7) is 4.67. The van der Waals surface area contributed by atoms with Gasteiger partial charge in [-0.25, -0.2) is 18.7 Å². The van der Waals surface area contributed by atoms with Gasteiger partial charge in [0.05, 0.1) is 28.2 Å². The maximum absolute atomic E-state index is 14.8. The summed E-state index contributed by atoms with van der Waals surface area (Å²) in [4.78, 5) is 19.2. The Morgan fingerprint density at radius 1 is 1.30 bits per heavy atom. The Hall–Kier alpha value is -3.61. The van der Waals surface area contributed by atoms with Crippen LogP contribution in [0.2, 0.25) is 5.28 Å². The van der Waals surface area contributed by atoms with Crippen LogP contribution in [0.5, 0.6) is 5.88 Å². The van der Waals surface area contributed by atoms with E-state index < -0.39 is 17.7 Å². The van der Waals surface area contributed by atoms with E-state index in [9.17, 15) is 14.5 Å². The summed E-state index contributed by atoms with van der Waals surface area (Å²) in [5.41, 5.74) is 1.77. The van der Waals surface area contributed by atoms with E-state index in [2.05, 4.69) is 25.3 Å².